The Morgan fingerprint density at radius 2 is 2.00 bits per heavy atom. The lowest BCUT2D eigenvalue weighted by atomic mass is 10.1. The van der Waals surface area contributed by atoms with Gasteiger partial charge in [-0.25, -0.2) is 0 Å². The molecule has 2 aliphatic rings. The molecule has 3 rings (SSSR count). The lowest BCUT2D eigenvalue weighted by molar-refractivity contribution is -0.393. The van der Waals surface area contributed by atoms with E-state index in [-0.39, 0.29) is 23.2 Å². The quantitative estimate of drug-likeness (QED) is 0.674. The summed E-state index contributed by atoms with van der Waals surface area (Å²) in [6.07, 6.45) is 3.90. The third-order valence-corrected chi connectivity index (χ3v) is 3.91. The van der Waals surface area contributed by atoms with Crippen molar-refractivity contribution in [2.75, 3.05) is 5.43 Å². The molecule has 116 valence electrons. The van der Waals surface area contributed by atoms with E-state index in [1.165, 1.54) is 12.1 Å². The van der Waals surface area contributed by atoms with Crippen molar-refractivity contribution < 1.29 is 14.6 Å². The van der Waals surface area contributed by atoms with E-state index in [1.807, 2.05) is 0 Å². The maximum atomic E-state index is 11.0. The van der Waals surface area contributed by atoms with Gasteiger partial charge in [0.05, 0.1) is 33.8 Å². The minimum atomic E-state index is -0.670. The van der Waals surface area contributed by atoms with Crippen LogP contribution in [0.1, 0.15) is 25.7 Å². The molecule has 2 bridgehead atoms. The van der Waals surface area contributed by atoms with Gasteiger partial charge in [0.1, 0.15) is 5.69 Å². The number of anilines is 1. The monoisotopic (exact) mass is 306 g/mol. The van der Waals surface area contributed by atoms with E-state index in [4.69, 9.17) is 4.74 Å². The Morgan fingerprint density at radius 3 is 2.73 bits per heavy atom. The molecule has 0 radical (unpaired) electrons. The summed E-state index contributed by atoms with van der Waals surface area (Å²) in [6, 6.07) is 3.42. The minimum Gasteiger partial charge on any atom is -0.369 e. The maximum absolute atomic E-state index is 11.0. The second-order valence-corrected chi connectivity index (χ2v) is 5.29. The predicted molar refractivity (Wildman–Crippen MR) is 77.9 cm³/mol. The molecule has 0 saturated carbocycles. The molecule has 0 amide bonds. The molecule has 9 heteroatoms. The summed E-state index contributed by atoms with van der Waals surface area (Å²) in [5.74, 6) is 0. The Bertz CT molecular complexity index is 660. The van der Waals surface area contributed by atoms with Gasteiger partial charge in [-0.3, -0.25) is 25.7 Å². The number of hydrogen-bond acceptors (Lipinski definition) is 7. The Balaban J connectivity index is 1.82. The summed E-state index contributed by atoms with van der Waals surface area (Å²) in [5, 5.41) is 26.0. The maximum Gasteiger partial charge on any atom is 0.301 e. The predicted octanol–water partition coefficient (Wildman–Crippen LogP) is 2.61. The molecule has 2 atom stereocenters. The number of non-ortho nitro benzene ring substituents is 1. The topological polar surface area (TPSA) is 120 Å². The second-order valence-electron chi connectivity index (χ2n) is 5.29. The average Bonchev–Trinajstić information content (AvgIpc) is 2.88. The fourth-order valence-corrected chi connectivity index (χ4v) is 2.77. The molecule has 2 heterocycles. The lowest BCUT2D eigenvalue weighted by Gasteiger charge is -2.21. The molecule has 2 fully saturated rings. The van der Waals surface area contributed by atoms with Gasteiger partial charge in [-0.1, -0.05) is 0 Å². The molecule has 0 aliphatic carbocycles. The number of ether oxygens (including phenoxy) is 1. The van der Waals surface area contributed by atoms with E-state index in [2.05, 4.69) is 10.5 Å². The molecule has 0 aromatic heterocycles. The molecule has 9 nitrogen and oxygen atoms in total. The van der Waals surface area contributed by atoms with E-state index in [1.54, 1.807) is 0 Å². The second kappa shape index (κ2) is 5.68. The molecular formula is C13H14N4O5. The van der Waals surface area contributed by atoms with Crippen molar-refractivity contribution in [3.05, 3.63) is 38.4 Å². The zero-order valence-electron chi connectivity index (χ0n) is 11.6. The van der Waals surface area contributed by atoms with Crippen LogP contribution in [0.15, 0.2) is 23.3 Å². The fraction of sp³-hybridized carbons (Fsp3) is 0.462. The largest absolute Gasteiger partial charge is 0.369 e. The number of fused-ring (bicyclic) bond motifs is 2. The standard InChI is InChI=1S/C13H14N4O5/c18-16(19)8-1-4-10(12(7-8)17(20)21)14-15-11-5-2-9-3-6-13(11)22-9/h1,4,7,9,13-14H,2-3,5-6H2/b15-11-/t9-,13-/m0/s1. The van der Waals surface area contributed by atoms with Gasteiger partial charge >= 0.3 is 5.69 Å². The van der Waals surface area contributed by atoms with Gasteiger partial charge in [0.2, 0.25) is 0 Å². The van der Waals surface area contributed by atoms with Gasteiger partial charge in [0.25, 0.3) is 5.69 Å². The Labute approximate surface area is 125 Å². The molecule has 1 aromatic rings. The number of nitro groups is 2. The number of nitro benzene ring substituents is 2. The van der Waals surface area contributed by atoms with E-state index >= 15 is 0 Å². The SMILES string of the molecule is O=[N+]([O-])c1ccc(N/N=C2/CC[C@H]3CC[C@@H]2O3)c([N+](=O)[O-])c1. The summed E-state index contributed by atoms with van der Waals surface area (Å²) in [7, 11) is 0. The fourth-order valence-electron chi connectivity index (χ4n) is 2.77. The Morgan fingerprint density at radius 1 is 1.18 bits per heavy atom. The molecule has 2 aliphatic heterocycles. The summed E-state index contributed by atoms with van der Waals surface area (Å²) in [6.45, 7) is 0. The van der Waals surface area contributed by atoms with Crippen molar-refractivity contribution in [3.63, 3.8) is 0 Å². The summed E-state index contributed by atoms with van der Waals surface area (Å²) in [5.41, 5.74) is 2.92. The number of hydrogen-bond donors (Lipinski definition) is 1. The highest BCUT2D eigenvalue weighted by Gasteiger charge is 2.34. The van der Waals surface area contributed by atoms with Gasteiger partial charge in [0, 0.05) is 6.07 Å². The third-order valence-electron chi connectivity index (χ3n) is 3.91. The van der Waals surface area contributed by atoms with Crippen molar-refractivity contribution >= 4 is 22.8 Å². The first-order valence-corrected chi connectivity index (χ1v) is 6.95. The molecule has 0 spiro atoms. The number of hydrazone groups is 1. The van der Waals surface area contributed by atoms with Crippen molar-refractivity contribution in [2.24, 2.45) is 5.10 Å². The summed E-state index contributed by atoms with van der Waals surface area (Å²) >= 11 is 0. The smallest absolute Gasteiger partial charge is 0.301 e. The van der Waals surface area contributed by atoms with E-state index in [0.717, 1.165) is 37.5 Å². The van der Waals surface area contributed by atoms with Crippen LogP contribution in [0.2, 0.25) is 0 Å². The molecule has 2 saturated heterocycles. The van der Waals surface area contributed by atoms with Crippen LogP contribution in [0.25, 0.3) is 0 Å². The minimum absolute atomic E-state index is 0.0247. The molecule has 0 unspecified atom stereocenters. The van der Waals surface area contributed by atoms with Gasteiger partial charge in [-0.15, -0.1) is 0 Å². The van der Waals surface area contributed by atoms with Crippen LogP contribution in [0.3, 0.4) is 0 Å². The summed E-state index contributed by atoms with van der Waals surface area (Å²) < 4.78 is 5.73. The van der Waals surface area contributed by atoms with Crippen LogP contribution >= 0.6 is 0 Å². The van der Waals surface area contributed by atoms with Gasteiger partial charge in [0.15, 0.2) is 0 Å². The van der Waals surface area contributed by atoms with Crippen LogP contribution in [-0.2, 0) is 4.74 Å². The highest BCUT2D eigenvalue weighted by Crippen LogP contribution is 2.32. The molecule has 1 aromatic carbocycles. The Kier molecular flexibility index (Phi) is 3.72. The zero-order valence-corrected chi connectivity index (χ0v) is 11.6. The van der Waals surface area contributed by atoms with Crippen molar-refractivity contribution in [2.45, 2.75) is 37.9 Å². The highest BCUT2D eigenvalue weighted by molar-refractivity contribution is 5.90. The number of nitrogens with one attached hydrogen (secondary N) is 1. The molecular weight excluding hydrogens is 292 g/mol. The first-order chi connectivity index (χ1) is 10.5. The number of benzene rings is 1. The van der Waals surface area contributed by atoms with Crippen LogP contribution in [0.5, 0.6) is 0 Å². The van der Waals surface area contributed by atoms with Gasteiger partial charge in [-0.05, 0) is 31.7 Å². The highest BCUT2D eigenvalue weighted by atomic mass is 16.6. The van der Waals surface area contributed by atoms with Crippen LogP contribution in [0.4, 0.5) is 17.1 Å². The van der Waals surface area contributed by atoms with Gasteiger partial charge in [-0.2, -0.15) is 5.10 Å². The number of rotatable bonds is 4. The Hall–Kier alpha value is -2.55. The summed E-state index contributed by atoms with van der Waals surface area (Å²) in [4.78, 5) is 20.4. The lowest BCUT2D eigenvalue weighted by Crippen LogP contribution is -2.28. The van der Waals surface area contributed by atoms with Crippen LogP contribution < -0.4 is 5.43 Å². The number of nitrogens with zero attached hydrogens (tertiary/aromatic N) is 3. The normalized spacial score (nSPS) is 25.2. The first kappa shape index (κ1) is 14.4. The molecule has 1 N–H and O–H groups in total. The van der Waals surface area contributed by atoms with E-state index in [9.17, 15) is 20.2 Å². The average molecular weight is 306 g/mol. The third kappa shape index (κ3) is 2.75. The van der Waals surface area contributed by atoms with Crippen molar-refractivity contribution in [1.29, 1.82) is 0 Å². The van der Waals surface area contributed by atoms with Crippen LogP contribution in [-0.4, -0.2) is 27.8 Å². The van der Waals surface area contributed by atoms with Crippen LogP contribution in [0, 0.1) is 20.2 Å². The molecule has 22 heavy (non-hydrogen) atoms. The first-order valence-electron chi connectivity index (χ1n) is 6.95. The zero-order chi connectivity index (χ0) is 15.7. The van der Waals surface area contributed by atoms with E-state index < -0.39 is 9.85 Å². The van der Waals surface area contributed by atoms with E-state index in [0.29, 0.717) is 6.10 Å². The van der Waals surface area contributed by atoms with Gasteiger partial charge < -0.3 is 4.74 Å². The van der Waals surface area contributed by atoms with Crippen molar-refractivity contribution in [3.8, 4) is 0 Å². The van der Waals surface area contributed by atoms with Crippen molar-refractivity contribution in [1.82, 2.24) is 0 Å².